The number of urea groups is 1. The van der Waals surface area contributed by atoms with E-state index in [1.165, 1.54) is 32.4 Å². The van der Waals surface area contributed by atoms with Crippen molar-refractivity contribution in [2.24, 2.45) is 11.7 Å². The number of amides is 2. The highest BCUT2D eigenvalue weighted by Crippen LogP contribution is 2.20. The molecule has 0 spiro atoms. The highest BCUT2D eigenvalue weighted by atomic mass is 16.5. The Morgan fingerprint density at radius 3 is 2.29 bits per heavy atom. The van der Waals surface area contributed by atoms with Crippen molar-refractivity contribution < 1.29 is 23.9 Å². The van der Waals surface area contributed by atoms with Gasteiger partial charge < -0.3 is 25.4 Å². The smallest absolute Gasteiger partial charge is 0.338 e. The summed E-state index contributed by atoms with van der Waals surface area (Å²) < 4.78 is 9.31. The number of nitrogens with zero attached hydrogens (tertiary/aromatic N) is 1. The standard InChI is InChI=1S/C16H21N3O5/c1-9-7-19(8-13(9)17)16(22)18-10-4-5-11(14(20)23-2)12(6-10)15(21)24-3/h4-6,9,13H,7-8,17H2,1-3H3,(H,18,22). The van der Waals surface area contributed by atoms with Gasteiger partial charge in [-0.05, 0) is 24.1 Å². The zero-order valence-corrected chi connectivity index (χ0v) is 13.9. The van der Waals surface area contributed by atoms with Crippen molar-refractivity contribution in [3.63, 3.8) is 0 Å². The van der Waals surface area contributed by atoms with E-state index in [0.717, 1.165) is 0 Å². The number of anilines is 1. The number of carbonyl (C=O) groups excluding carboxylic acids is 3. The zero-order valence-electron chi connectivity index (χ0n) is 13.9. The molecule has 3 N–H and O–H groups in total. The number of hydrogen-bond acceptors (Lipinski definition) is 6. The fourth-order valence-corrected chi connectivity index (χ4v) is 2.55. The number of methoxy groups -OCH3 is 2. The first-order chi connectivity index (χ1) is 11.4. The number of rotatable bonds is 3. The molecule has 24 heavy (non-hydrogen) atoms. The van der Waals surface area contributed by atoms with Gasteiger partial charge in [0, 0.05) is 24.8 Å². The van der Waals surface area contributed by atoms with Gasteiger partial charge in [-0.2, -0.15) is 0 Å². The molecule has 1 aromatic carbocycles. The highest BCUT2D eigenvalue weighted by Gasteiger charge is 2.30. The first-order valence-corrected chi connectivity index (χ1v) is 7.49. The molecular formula is C16H21N3O5. The molecule has 2 amide bonds. The third kappa shape index (κ3) is 3.65. The van der Waals surface area contributed by atoms with Gasteiger partial charge in [0.1, 0.15) is 0 Å². The summed E-state index contributed by atoms with van der Waals surface area (Å²) in [5, 5.41) is 2.70. The number of ether oxygens (including phenoxy) is 2. The maximum absolute atomic E-state index is 12.3. The SMILES string of the molecule is COC(=O)c1ccc(NC(=O)N2CC(C)C(N)C2)cc1C(=O)OC. The lowest BCUT2D eigenvalue weighted by molar-refractivity contribution is 0.0555. The lowest BCUT2D eigenvalue weighted by Gasteiger charge is -2.17. The van der Waals surface area contributed by atoms with Crippen LogP contribution in [0.4, 0.5) is 10.5 Å². The summed E-state index contributed by atoms with van der Waals surface area (Å²) in [5.41, 5.74) is 6.38. The van der Waals surface area contributed by atoms with Crippen molar-refractivity contribution in [1.82, 2.24) is 4.90 Å². The van der Waals surface area contributed by atoms with Gasteiger partial charge in [0.2, 0.25) is 0 Å². The third-order valence-electron chi connectivity index (χ3n) is 4.04. The predicted octanol–water partition coefficient (Wildman–Crippen LogP) is 1.07. The van der Waals surface area contributed by atoms with E-state index in [4.69, 9.17) is 5.73 Å². The van der Waals surface area contributed by atoms with Crippen LogP contribution in [0.15, 0.2) is 18.2 Å². The van der Waals surface area contributed by atoms with Crippen LogP contribution in [0.5, 0.6) is 0 Å². The summed E-state index contributed by atoms with van der Waals surface area (Å²) in [6.07, 6.45) is 0. The van der Waals surface area contributed by atoms with Crippen molar-refractivity contribution in [1.29, 1.82) is 0 Å². The minimum atomic E-state index is -0.691. The van der Waals surface area contributed by atoms with Gasteiger partial charge in [-0.15, -0.1) is 0 Å². The molecule has 1 heterocycles. The van der Waals surface area contributed by atoms with Crippen LogP contribution in [0.25, 0.3) is 0 Å². The van der Waals surface area contributed by atoms with E-state index in [1.807, 2.05) is 6.92 Å². The summed E-state index contributed by atoms with van der Waals surface area (Å²) in [6.45, 7) is 3.02. The molecule has 2 atom stereocenters. The molecule has 0 radical (unpaired) electrons. The number of hydrogen-bond donors (Lipinski definition) is 2. The summed E-state index contributed by atoms with van der Waals surface area (Å²) in [5.74, 6) is -1.13. The average molecular weight is 335 g/mol. The second kappa shape index (κ2) is 7.31. The van der Waals surface area contributed by atoms with Crippen LogP contribution in [-0.2, 0) is 9.47 Å². The topological polar surface area (TPSA) is 111 Å². The lowest BCUT2D eigenvalue weighted by atomic mass is 10.1. The molecule has 1 saturated heterocycles. The summed E-state index contributed by atoms with van der Waals surface area (Å²) >= 11 is 0. The Labute approximate surface area is 139 Å². The van der Waals surface area contributed by atoms with Crippen LogP contribution in [0.1, 0.15) is 27.6 Å². The van der Waals surface area contributed by atoms with Gasteiger partial charge in [-0.1, -0.05) is 6.92 Å². The van der Waals surface area contributed by atoms with Gasteiger partial charge >= 0.3 is 18.0 Å². The highest BCUT2D eigenvalue weighted by molar-refractivity contribution is 6.04. The molecule has 8 heteroatoms. The van der Waals surface area contributed by atoms with E-state index in [9.17, 15) is 14.4 Å². The Morgan fingerprint density at radius 1 is 1.12 bits per heavy atom. The molecule has 0 aliphatic carbocycles. The second-order valence-electron chi connectivity index (χ2n) is 5.72. The Balaban J connectivity index is 2.20. The van der Waals surface area contributed by atoms with Crippen LogP contribution < -0.4 is 11.1 Å². The molecule has 2 rings (SSSR count). The van der Waals surface area contributed by atoms with Crippen LogP contribution in [-0.4, -0.2) is 56.2 Å². The van der Waals surface area contributed by atoms with Gasteiger partial charge in [0.15, 0.2) is 0 Å². The maximum Gasteiger partial charge on any atom is 0.338 e. The number of nitrogens with one attached hydrogen (secondary N) is 1. The number of esters is 2. The largest absolute Gasteiger partial charge is 0.465 e. The number of benzene rings is 1. The van der Waals surface area contributed by atoms with Crippen molar-refractivity contribution in [3.05, 3.63) is 29.3 Å². The number of likely N-dealkylation sites (tertiary alicyclic amines) is 1. The molecule has 1 aliphatic rings. The minimum absolute atomic E-state index is 0.0219. The molecule has 1 aliphatic heterocycles. The zero-order chi connectivity index (χ0) is 17.9. The van der Waals surface area contributed by atoms with E-state index < -0.39 is 11.9 Å². The maximum atomic E-state index is 12.3. The fourth-order valence-electron chi connectivity index (χ4n) is 2.55. The lowest BCUT2D eigenvalue weighted by Crippen LogP contribution is -2.35. The van der Waals surface area contributed by atoms with Crippen LogP contribution in [0, 0.1) is 5.92 Å². The Morgan fingerprint density at radius 2 is 1.75 bits per heavy atom. The number of nitrogens with two attached hydrogens (primary N) is 1. The molecule has 8 nitrogen and oxygen atoms in total. The van der Waals surface area contributed by atoms with Gasteiger partial charge in [0.25, 0.3) is 0 Å². The van der Waals surface area contributed by atoms with E-state index in [2.05, 4.69) is 14.8 Å². The van der Waals surface area contributed by atoms with Crippen molar-refractivity contribution in [3.8, 4) is 0 Å². The summed E-state index contributed by atoms with van der Waals surface area (Å²) in [7, 11) is 2.43. The van der Waals surface area contributed by atoms with Crippen LogP contribution >= 0.6 is 0 Å². The molecule has 0 bridgehead atoms. The molecule has 1 aromatic rings. The molecule has 1 fully saturated rings. The molecular weight excluding hydrogens is 314 g/mol. The molecule has 2 unspecified atom stereocenters. The summed E-state index contributed by atoms with van der Waals surface area (Å²) in [6, 6.07) is 3.96. The first kappa shape index (κ1) is 17.7. The van der Waals surface area contributed by atoms with E-state index in [1.54, 1.807) is 4.90 Å². The molecule has 130 valence electrons. The first-order valence-electron chi connectivity index (χ1n) is 7.49. The second-order valence-corrected chi connectivity index (χ2v) is 5.72. The van der Waals surface area contributed by atoms with E-state index in [-0.39, 0.29) is 29.1 Å². The van der Waals surface area contributed by atoms with Gasteiger partial charge in [0.05, 0.1) is 25.3 Å². The van der Waals surface area contributed by atoms with E-state index >= 15 is 0 Å². The molecule has 0 saturated carbocycles. The quantitative estimate of drug-likeness (QED) is 0.799. The Kier molecular flexibility index (Phi) is 5.40. The van der Waals surface area contributed by atoms with Crippen LogP contribution in [0.3, 0.4) is 0 Å². The van der Waals surface area contributed by atoms with Crippen molar-refractivity contribution in [2.45, 2.75) is 13.0 Å². The Bertz CT molecular complexity index is 651. The van der Waals surface area contributed by atoms with E-state index in [0.29, 0.717) is 18.8 Å². The van der Waals surface area contributed by atoms with Gasteiger partial charge in [-0.25, -0.2) is 14.4 Å². The van der Waals surface area contributed by atoms with Gasteiger partial charge in [-0.3, -0.25) is 0 Å². The van der Waals surface area contributed by atoms with Crippen molar-refractivity contribution >= 4 is 23.7 Å². The monoisotopic (exact) mass is 335 g/mol. The fraction of sp³-hybridized carbons (Fsp3) is 0.438. The number of carbonyl (C=O) groups is 3. The molecule has 0 aromatic heterocycles. The Hall–Kier alpha value is -2.61. The third-order valence-corrected chi connectivity index (χ3v) is 4.04. The summed E-state index contributed by atoms with van der Waals surface area (Å²) in [4.78, 5) is 37.5. The predicted molar refractivity (Wildman–Crippen MR) is 86.9 cm³/mol. The average Bonchev–Trinajstić information content (AvgIpc) is 2.92. The van der Waals surface area contributed by atoms with Crippen molar-refractivity contribution in [2.75, 3.05) is 32.6 Å². The van der Waals surface area contributed by atoms with Crippen LogP contribution in [0.2, 0.25) is 0 Å². The minimum Gasteiger partial charge on any atom is -0.465 e. The normalized spacial score (nSPS) is 19.8.